The van der Waals surface area contributed by atoms with Gasteiger partial charge in [-0.1, -0.05) is 33.1 Å². The van der Waals surface area contributed by atoms with Crippen molar-refractivity contribution in [1.82, 2.24) is 10.2 Å². The molecule has 1 saturated carbocycles. The number of hydrogen-bond acceptors (Lipinski definition) is 2. The largest absolute Gasteiger partial charge is 0.342 e. The quantitative estimate of drug-likeness (QED) is 0.847. The molecule has 0 aromatic heterocycles. The maximum atomic E-state index is 12.8. The van der Waals surface area contributed by atoms with Crippen LogP contribution in [0.4, 0.5) is 0 Å². The van der Waals surface area contributed by atoms with Gasteiger partial charge in [0.15, 0.2) is 0 Å². The number of hydrogen-bond donors (Lipinski definition) is 1. The summed E-state index contributed by atoms with van der Waals surface area (Å²) in [4.78, 5) is 26.8. The summed E-state index contributed by atoms with van der Waals surface area (Å²) in [7, 11) is 0. The Morgan fingerprint density at radius 2 is 1.86 bits per heavy atom. The van der Waals surface area contributed by atoms with Gasteiger partial charge in [0, 0.05) is 6.54 Å². The molecule has 0 radical (unpaired) electrons. The average molecular weight is 294 g/mol. The van der Waals surface area contributed by atoms with Crippen molar-refractivity contribution >= 4 is 11.8 Å². The van der Waals surface area contributed by atoms with Crippen LogP contribution in [-0.2, 0) is 9.59 Å². The lowest BCUT2D eigenvalue weighted by atomic mass is 9.82. The van der Waals surface area contributed by atoms with E-state index >= 15 is 0 Å². The Bertz CT molecular complexity index is 375. The van der Waals surface area contributed by atoms with Crippen LogP contribution < -0.4 is 5.32 Å². The molecule has 2 rings (SSSR count). The summed E-state index contributed by atoms with van der Waals surface area (Å²) < 4.78 is 0. The van der Waals surface area contributed by atoms with Crippen molar-refractivity contribution < 1.29 is 9.59 Å². The van der Waals surface area contributed by atoms with Crippen molar-refractivity contribution in [1.29, 1.82) is 0 Å². The maximum Gasteiger partial charge on any atom is 0.246 e. The van der Waals surface area contributed by atoms with Gasteiger partial charge >= 0.3 is 0 Å². The minimum atomic E-state index is -0.315. The van der Waals surface area contributed by atoms with Gasteiger partial charge in [-0.05, 0) is 44.4 Å². The van der Waals surface area contributed by atoms with Crippen molar-refractivity contribution in [2.75, 3.05) is 6.54 Å². The second-order valence-corrected chi connectivity index (χ2v) is 7.13. The fraction of sp³-hybridized carbons (Fsp3) is 0.882. The highest BCUT2D eigenvalue weighted by Crippen LogP contribution is 2.29. The molecule has 0 spiro atoms. The average Bonchev–Trinajstić information content (AvgIpc) is 2.47. The Hall–Kier alpha value is -1.06. The van der Waals surface area contributed by atoms with E-state index in [0.29, 0.717) is 11.8 Å². The predicted molar refractivity (Wildman–Crippen MR) is 83.8 cm³/mol. The second kappa shape index (κ2) is 7.28. The van der Waals surface area contributed by atoms with E-state index in [4.69, 9.17) is 0 Å². The van der Waals surface area contributed by atoms with Crippen LogP contribution in [0.25, 0.3) is 0 Å². The molecule has 0 aromatic rings. The third-order valence-corrected chi connectivity index (χ3v) is 5.00. The maximum absolute atomic E-state index is 12.8. The number of nitrogens with one attached hydrogen (secondary N) is 1. The molecule has 1 saturated heterocycles. The van der Waals surface area contributed by atoms with Crippen molar-refractivity contribution in [3.63, 3.8) is 0 Å². The van der Waals surface area contributed by atoms with Crippen LogP contribution in [0.3, 0.4) is 0 Å². The standard InChI is InChI=1S/C17H30N2O2/c1-12(2)8-7-11-19-13(3)16(20)18-15(17(19)21)14-9-5-4-6-10-14/h12-15H,4-11H2,1-3H3,(H,18,20). The van der Waals surface area contributed by atoms with Crippen molar-refractivity contribution in [2.24, 2.45) is 11.8 Å². The fourth-order valence-corrected chi connectivity index (χ4v) is 3.61. The SMILES string of the molecule is CC(C)CCCN1C(=O)C(C2CCCCC2)NC(=O)C1C. The van der Waals surface area contributed by atoms with E-state index in [0.717, 1.165) is 32.2 Å². The van der Waals surface area contributed by atoms with Crippen LogP contribution in [0.1, 0.15) is 65.7 Å². The summed E-state index contributed by atoms with van der Waals surface area (Å²) >= 11 is 0. The van der Waals surface area contributed by atoms with E-state index in [1.807, 2.05) is 11.8 Å². The zero-order valence-corrected chi connectivity index (χ0v) is 13.7. The number of nitrogens with zero attached hydrogens (tertiary/aromatic N) is 1. The van der Waals surface area contributed by atoms with E-state index in [1.54, 1.807) is 0 Å². The third-order valence-electron chi connectivity index (χ3n) is 5.00. The normalized spacial score (nSPS) is 28.1. The number of carbonyl (C=O) groups is 2. The molecule has 1 N–H and O–H groups in total. The van der Waals surface area contributed by atoms with E-state index < -0.39 is 0 Å². The van der Waals surface area contributed by atoms with Crippen LogP contribution in [0, 0.1) is 11.8 Å². The molecular weight excluding hydrogens is 264 g/mol. The predicted octanol–water partition coefficient (Wildman–Crippen LogP) is 2.72. The Morgan fingerprint density at radius 3 is 2.48 bits per heavy atom. The summed E-state index contributed by atoms with van der Waals surface area (Å²) in [6, 6.07) is -0.586. The van der Waals surface area contributed by atoms with Crippen molar-refractivity contribution in [3.05, 3.63) is 0 Å². The van der Waals surface area contributed by atoms with Crippen LogP contribution in [-0.4, -0.2) is 35.3 Å². The first-order valence-electron chi connectivity index (χ1n) is 8.61. The molecule has 1 aliphatic heterocycles. The molecule has 2 unspecified atom stereocenters. The van der Waals surface area contributed by atoms with Crippen LogP contribution >= 0.6 is 0 Å². The first kappa shape index (κ1) is 16.3. The number of amides is 2. The lowest BCUT2D eigenvalue weighted by molar-refractivity contribution is -0.150. The van der Waals surface area contributed by atoms with Gasteiger partial charge in [0.25, 0.3) is 0 Å². The summed E-state index contributed by atoms with van der Waals surface area (Å²) in [5.74, 6) is 1.16. The monoisotopic (exact) mass is 294 g/mol. The minimum absolute atomic E-state index is 0.0229. The van der Waals surface area contributed by atoms with Crippen LogP contribution in [0.5, 0.6) is 0 Å². The highest BCUT2D eigenvalue weighted by molar-refractivity contribution is 5.96. The Labute approximate surface area is 128 Å². The highest BCUT2D eigenvalue weighted by Gasteiger charge is 2.41. The van der Waals surface area contributed by atoms with E-state index in [1.165, 1.54) is 19.3 Å². The molecule has 4 heteroatoms. The highest BCUT2D eigenvalue weighted by atomic mass is 16.2. The summed E-state index contributed by atoms with van der Waals surface area (Å²) in [6.07, 6.45) is 7.88. The molecular formula is C17H30N2O2. The van der Waals surface area contributed by atoms with E-state index in [-0.39, 0.29) is 23.9 Å². The molecule has 1 heterocycles. The van der Waals surface area contributed by atoms with Crippen molar-refractivity contribution in [3.8, 4) is 0 Å². The summed E-state index contributed by atoms with van der Waals surface area (Å²) in [5.41, 5.74) is 0. The minimum Gasteiger partial charge on any atom is -0.342 e. The van der Waals surface area contributed by atoms with Crippen LogP contribution in [0.2, 0.25) is 0 Å². The smallest absolute Gasteiger partial charge is 0.246 e. The van der Waals surface area contributed by atoms with Gasteiger partial charge in [-0.3, -0.25) is 9.59 Å². The topological polar surface area (TPSA) is 49.4 Å². The van der Waals surface area contributed by atoms with Gasteiger partial charge in [0.05, 0.1) is 0 Å². The number of carbonyl (C=O) groups excluding carboxylic acids is 2. The molecule has 1 aliphatic carbocycles. The van der Waals surface area contributed by atoms with Crippen molar-refractivity contribution in [2.45, 2.75) is 77.8 Å². The fourth-order valence-electron chi connectivity index (χ4n) is 3.61. The van der Waals surface area contributed by atoms with Gasteiger partial charge in [0.2, 0.25) is 11.8 Å². The van der Waals surface area contributed by atoms with Crippen LogP contribution in [0.15, 0.2) is 0 Å². The second-order valence-electron chi connectivity index (χ2n) is 7.13. The Balaban J connectivity index is 2.00. The zero-order valence-electron chi connectivity index (χ0n) is 13.7. The molecule has 0 bridgehead atoms. The number of piperazine rings is 1. The van der Waals surface area contributed by atoms with Gasteiger partial charge in [0.1, 0.15) is 12.1 Å². The number of rotatable bonds is 5. The Morgan fingerprint density at radius 1 is 1.19 bits per heavy atom. The lowest BCUT2D eigenvalue weighted by Crippen LogP contribution is -2.64. The summed E-state index contributed by atoms with van der Waals surface area (Å²) in [5, 5.41) is 2.98. The zero-order chi connectivity index (χ0) is 15.4. The lowest BCUT2D eigenvalue weighted by Gasteiger charge is -2.41. The molecule has 2 amide bonds. The van der Waals surface area contributed by atoms with Gasteiger partial charge < -0.3 is 10.2 Å². The molecule has 21 heavy (non-hydrogen) atoms. The molecule has 2 aliphatic rings. The van der Waals surface area contributed by atoms with Gasteiger partial charge in [-0.2, -0.15) is 0 Å². The Kier molecular flexibility index (Phi) is 5.65. The molecule has 4 nitrogen and oxygen atoms in total. The molecule has 2 atom stereocenters. The van der Waals surface area contributed by atoms with E-state index in [2.05, 4.69) is 19.2 Å². The van der Waals surface area contributed by atoms with E-state index in [9.17, 15) is 9.59 Å². The van der Waals surface area contributed by atoms with Gasteiger partial charge in [-0.15, -0.1) is 0 Å². The molecule has 0 aromatic carbocycles. The first-order valence-corrected chi connectivity index (χ1v) is 8.61. The molecule has 2 fully saturated rings. The summed E-state index contributed by atoms with van der Waals surface area (Å²) in [6.45, 7) is 6.95. The first-order chi connectivity index (χ1) is 10.0. The molecule has 120 valence electrons. The van der Waals surface area contributed by atoms with Gasteiger partial charge in [-0.25, -0.2) is 0 Å². The third kappa shape index (κ3) is 3.98.